The molecule has 0 aliphatic rings. The first kappa shape index (κ1) is 25.5. The Balaban J connectivity index is 0.00000210. The first-order valence-corrected chi connectivity index (χ1v) is 9.56. The predicted octanol–water partition coefficient (Wildman–Crippen LogP) is -2.25. The Hall–Kier alpha value is -1.53. The van der Waals surface area contributed by atoms with Gasteiger partial charge in [-0.3, -0.25) is 0 Å². The molecule has 0 unspecified atom stereocenters. The zero-order valence-electron chi connectivity index (χ0n) is 16.0. The van der Waals surface area contributed by atoms with Gasteiger partial charge in [-0.1, -0.05) is 60.1 Å². The van der Waals surface area contributed by atoms with Gasteiger partial charge in [0, 0.05) is 42.3 Å². The Morgan fingerprint density at radius 1 is 0.828 bits per heavy atom. The van der Waals surface area contributed by atoms with E-state index in [9.17, 15) is 0 Å². The molecule has 0 amide bonds. The summed E-state index contributed by atoms with van der Waals surface area (Å²) in [5.41, 5.74) is 2.11. The second-order valence-corrected chi connectivity index (χ2v) is 6.70. The van der Waals surface area contributed by atoms with Gasteiger partial charge in [0.25, 0.3) is 0 Å². The van der Waals surface area contributed by atoms with Crippen LogP contribution in [0.1, 0.15) is 11.1 Å². The smallest absolute Gasteiger partial charge is 0.124 e. The monoisotopic (exact) mass is 454 g/mol. The molecule has 0 aromatic heterocycles. The van der Waals surface area contributed by atoms with E-state index in [2.05, 4.69) is 28.8 Å². The maximum atomic E-state index is 8.82. The van der Waals surface area contributed by atoms with Gasteiger partial charge in [0.15, 0.2) is 0 Å². The highest BCUT2D eigenvalue weighted by Gasteiger charge is 2.10. The van der Waals surface area contributed by atoms with Gasteiger partial charge in [0.1, 0.15) is 12.4 Å². The van der Waals surface area contributed by atoms with E-state index in [-0.39, 0.29) is 31.4 Å². The summed E-state index contributed by atoms with van der Waals surface area (Å²) in [4.78, 5) is 0. The van der Waals surface area contributed by atoms with Gasteiger partial charge in [-0.05, 0) is 22.9 Å². The van der Waals surface area contributed by atoms with Crippen molar-refractivity contribution in [2.45, 2.75) is 13.2 Å². The van der Waals surface area contributed by atoms with Crippen molar-refractivity contribution in [2.75, 3.05) is 26.2 Å². The molecule has 3 aromatic rings. The molecule has 0 fully saturated rings. The molecule has 3 rings (SSSR count). The summed E-state index contributed by atoms with van der Waals surface area (Å²) >= 11 is 6.25. The number of aliphatic hydroxyl groups is 1. The Kier molecular flexibility index (Phi) is 12.0. The number of nitrogens with one attached hydrogen (secondary N) is 2. The summed E-state index contributed by atoms with van der Waals surface area (Å²) in [6.07, 6.45) is 0. The van der Waals surface area contributed by atoms with Crippen molar-refractivity contribution in [3.8, 4) is 5.75 Å². The van der Waals surface area contributed by atoms with Gasteiger partial charge in [0.2, 0.25) is 0 Å². The van der Waals surface area contributed by atoms with Crippen LogP contribution >= 0.6 is 11.6 Å². The predicted molar refractivity (Wildman–Crippen MR) is 111 cm³/mol. The lowest BCUT2D eigenvalue weighted by Gasteiger charge is -2.16. The van der Waals surface area contributed by atoms with Gasteiger partial charge < -0.3 is 45.3 Å². The van der Waals surface area contributed by atoms with Crippen LogP contribution in [-0.4, -0.2) is 31.3 Å². The van der Waals surface area contributed by atoms with Gasteiger partial charge in [-0.25, -0.2) is 0 Å². The summed E-state index contributed by atoms with van der Waals surface area (Å²) in [5, 5.41) is 18.5. The number of halogens is 3. The van der Waals surface area contributed by atoms with Crippen molar-refractivity contribution in [2.24, 2.45) is 0 Å². The van der Waals surface area contributed by atoms with Crippen LogP contribution in [-0.2, 0) is 13.2 Å². The van der Waals surface area contributed by atoms with Crippen molar-refractivity contribution in [1.29, 1.82) is 0 Å². The van der Waals surface area contributed by atoms with Gasteiger partial charge >= 0.3 is 0 Å². The highest BCUT2D eigenvalue weighted by molar-refractivity contribution is 6.31. The summed E-state index contributed by atoms with van der Waals surface area (Å²) in [5.74, 6) is 0.865. The number of ether oxygens (including phenoxy) is 1. The lowest BCUT2D eigenvalue weighted by atomic mass is 10.0. The van der Waals surface area contributed by atoms with Crippen LogP contribution in [0.5, 0.6) is 5.75 Å². The lowest BCUT2D eigenvalue weighted by Crippen LogP contribution is -3.00. The number of hydrogen-bond donors (Lipinski definition) is 3. The molecule has 0 saturated carbocycles. The lowest BCUT2D eigenvalue weighted by molar-refractivity contribution is -0.00100. The van der Waals surface area contributed by atoms with Crippen molar-refractivity contribution in [1.82, 2.24) is 10.6 Å². The summed E-state index contributed by atoms with van der Waals surface area (Å²) in [7, 11) is 0. The maximum absolute atomic E-state index is 8.82. The molecule has 0 aliphatic heterocycles. The SMILES string of the molecule is OCCNCCNCc1c(OCc2ccccc2Cl)ccc2ccccc12.[Cl-].[Cl-]. The van der Waals surface area contributed by atoms with E-state index in [0.717, 1.165) is 30.0 Å². The average Bonchev–Trinajstić information content (AvgIpc) is 2.70. The van der Waals surface area contributed by atoms with E-state index in [4.69, 9.17) is 21.4 Å². The molecule has 0 radical (unpaired) electrons. The molecular weight excluding hydrogens is 431 g/mol. The molecule has 7 heteroatoms. The normalized spacial score (nSPS) is 10.3. The van der Waals surface area contributed by atoms with E-state index in [1.807, 2.05) is 42.5 Å². The fourth-order valence-corrected chi connectivity index (χ4v) is 3.19. The van der Waals surface area contributed by atoms with E-state index in [1.54, 1.807) is 0 Å². The fourth-order valence-electron chi connectivity index (χ4n) is 3.00. The summed E-state index contributed by atoms with van der Waals surface area (Å²) in [6.45, 7) is 3.53. The highest BCUT2D eigenvalue weighted by atomic mass is 35.5. The highest BCUT2D eigenvalue weighted by Crippen LogP contribution is 2.29. The first-order valence-electron chi connectivity index (χ1n) is 9.18. The number of hydrogen-bond acceptors (Lipinski definition) is 4. The fraction of sp³-hybridized carbons (Fsp3) is 0.273. The second kappa shape index (κ2) is 13.6. The molecule has 29 heavy (non-hydrogen) atoms. The Labute approximate surface area is 189 Å². The summed E-state index contributed by atoms with van der Waals surface area (Å²) < 4.78 is 6.13. The average molecular weight is 456 g/mol. The van der Waals surface area contributed by atoms with Crippen LogP contribution in [0, 0.1) is 0 Å². The van der Waals surface area contributed by atoms with E-state index in [1.165, 1.54) is 10.8 Å². The quantitative estimate of drug-likeness (QED) is 0.303. The van der Waals surface area contributed by atoms with Crippen LogP contribution < -0.4 is 40.2 Å². The molecule has 0 spiro atoms. The van der Waals surface area contributed by atoms with Crippen molar-refractivity contribution >= 4 is 22.4 Å². The van der Waals surface area contributed by atoms with E-state index >= 15 is 0 Å². The van der Waals surface area contributed by atoms with Gasteiger partial charge in [-0.15, -0.1) is 0 Å². The second-order valence-electron chi connectivity index (χ2n) is 6.29. The van der Waals surface area contributed by atoms with Gasteiger partial charge in [-0.2, -0.15) is 0 Å². The van der Waals surface area contributed by atoms with Crippen molar-refractivity contribution in [3.05, 3.63) is 76.8 Å². The molecule has 0 saturated heterocycles. The van der Waals surface area contributed by atoms with Crippen LogP contribution in [0.25, 0.3) is 10.8 Å². The number of rotatable bonds is 10. The minimum absolute atomic E-state index is 0. The number of benzene rings is 3. The Bertz CT molecular complexity index is 878. The topological polar surface area (TPSA) is 53.5 Å². The largest absolute Gasteiger partial charge is 1.00 e. The third-order valence-electron chi connectivity index (χ3n) is 4.41. The minimum Gasteiger partial charge on any atom is -1.00 e. The molecule has 0 atom stereocenters. The number of fused-ring (bicyclic) bond motifs is 1. The van der Waals surface area contributed by atoms with Crippen LogP contribution in [0.4, 0.5) is 0 Å². The standard InChI is InChI=1S/C22H25ClN2O2.2ClH/c23-21-8-4-2-6-18(21)16-27-22-10-9-17-5-1-3-7-19(17)20(22)15-25-12-11-24-13-14-26;;/h1-10,24-26H,11-16H2;2*1H/p-2. The van der Waals surface area contributed by atoms with Crippen LogP contribution in [0.2, 0.25) is 5.02 Å². The molecule has 0 bridgehead atoms. The third-order valence-corrected chi connectivity index (χ3v) is 4.78. The summed E-state index contributed by atoms with van der Waals surface area (Å²) in [6, 6.07) is 20.2. The Morgan fingerprint density at radius 2 is 1.55 bits per heavy atom. The molecule has 0 heterocycles. The molecule has 3 aromatic carbocycles. The molecule has 0 aliphatic carbocycles. The Morgan fingerprint density at radius 3 is 2.34 bits per heavy atom. The molecule has 158 valence electrons. The van der Waals surface area contributed by atoms with Crippen molar-refractivity contribution < 1.29 is 34.7 Å². The first-order chi connectivity index (χ1) is 13.3. The zero-order chi connectivity index (χ0) is 18.9. The van der Waals surface area contributed by atoms with E-state index in [0.29, 0.717) is 24.7 Å². The number of aliphatic hydroxyl groups excluding tert-OH is 1. The van der Waals surface area contributed by atoms with Gasteiger partial charge in [0.05, 0.1) is 6.61 Å². The maximum Gasteiger partial charge on any atom is 0.124 e. The van der Waals surface area contributed by atoms with Crippen LogP contribution in [0.3, 0.4) is 0 Å². The molecule has 3 N–H and O–H groups in total. The molecule has 4 nitrogen and oxygen atoms in total. The minimum atomic E-state index is 0. The van der Waals surface area contributed by atoms with Crippen LogP contribution in [0.15, 0.2) is 60.7 Å². The van der Waals surface area contributed by atoms with E-state index < -0.39 is 0 Å². The van der Waals surface area contributed by atoms with Crippen molar-refractivity contribution in [3.63, 3.8) is 0 Å². The molecular formula is C22H25Cl3N2O2-2. The third kappa shape index (κ3) is 7.34. The zero-order valence-corrected chi connectivity index (χ0v) is 18.3.